The summed E-state index contributed by atoms with van der Waals surface area (Å²) < 4.78 is 10.8. The van der Waals surface area contributed by atoms with Crippen LogP contribution >= 0.6 is 0 Å². The smallest absolute Gasteiger partial charge is 0.336 e. The van der Waals surface area contributed by atoms with Gasteiger partial charge in [0.15, 0.2) is 0 Å². The van der Waals surface area contributed by atoms with Crippen molar-refractivity contribution in [2.24, 2.45) is 0 Å². The maximum atomic E-state index is 11.6. The van der Waals surface area contributed by atoms with Gasteiger partial charge in [0.05, 0.1) is 0 Å². The Kier molecular flexibility index (Phi) is 3.58. The number of benzene rings is 1. The summed E-state index contributed by atoms with van der Waals surface area (Å²) in [5.41, 5.74) is 1.30. The van der Waals surface area contributed by atoms with Gasteiger partial charge in [0, 0.05) is 23.6 Å². The Hall–Kier alpha value is -3.13. The fraction of sp³-hybridized carbons (Fsp3) is 0.118. The van der Waals surface area contributed by atoms with Crippen molar-refractivity contribution in [3.05, 3.63) is 64.1 Å². The van der Waals surface area contributed by atoms with E-state index in [1.54, 1.807) is 30.3 Å². The van der Waals surface area contributed by atoms with Crippen LogP contribution in [0.1, 0.15) is 18.2 Å². The highest BCUT2D eigenvalue weighted by Crippen LogP contribution is 2.26. The van der Waals surface area contributed by atoms with Crippen LogP contribution in [0.15, 0.2) is 51.7 Å². The third-order valence-corrected chi connectivity index (χ3v) is 3.24. The van der Waals surface area contributed by atoms with Gasteiger partial charge in [-0.25, -0.2) is 9.78 Å². The largest absolute Gasteiger partial charge is 0.439 e. The predicted octanol–water partition coefficient (Wildman–Crippen LogP) is 3.41. The lowest BCUT2D eigenvalue weighted by molar-refractivity contribution is 0.461. The summed E-state index contributed by atoms with van der Waals surface area (Å²) in [6.45, 7) is 1.98. The molecule has 5 nitrogen and oxygen atoms in total. The summed E-state index contributed by atoms with van der Waals surface area (Å²) in [7, 11) is 0. The Morgan fingerprint density at radius 1 is 1.27 bits per heavy atom. The minimum Gasteiger partial charge on any atom is -0.439 e. The van der Waals surface area contributed by atoms with Crippen LogP contribution in [0.2, 0.25) is 0 Å². The molecule has 0 atom stereocenters. The van der Waals surface area contributed by atoms with Crippen LogP contribution in [-0.4, -0.2) is 4.98 Å². The number of nitrogens with zero attached hydrogens (tertiary/aromatic N) is 2. The lowest BCUT2D eigenvalue weighted by atomic mass is 10.1. The zero-order valence-electron chi connectivity index (χ0n) is 11.9. The lowest BCUT2D eigenvalue weighted by Crippen LogP contribution is -2.00. The maximum absolute atomic E-state index is 11.6. The minimum atomic E-state index is -0.383. The van der Waals surface area contributed by atoms with Crippen molar-refractivity contribution in [2.75, 3.05) is 0 Å². The number of aromatic nitrogens is 1. The summed E-state index contributed by atoms with van der Waals surface area (Å²) in [6, 6.07) is 13.7. The van der Waals surface area contributed by atoms with Crippen molar-refractivity contribution in [3.63, 3.8) is 0 Å². The normalized spacial score (nSPS) is 10.4. The van der Waals surface area contributed by atoms with E-state index in [9.17, 15) is 4.79 Å². The summed E-state index contributed by atoms with van der Waals surface area (Å²) in [5, 5.41) is 9.72. The van der Waals surface area contributed by atoms with E-state index in [0.717, 1.165) is 17.4 Å². The molecule has 0 aliphatic rings. The van der Waals surface area contributed by atoms with Crippen molar-refractivity contribution in [1.82, 2.24) is 4.98 Å². The summed E-state index contributed by atoms with van der Waals surface area (Å²) in [4.78, 5) is 15.6. The fourth-order valence-electron chi connectivity index (χ4n) is 2.22. The van der Waals surface area contributed by atoms with Crippen LogP contribution in [-0.2, 0) is 6.42 Å². The predicted molar refractivity (Wildman–Crippen MR) is 80.9 cm³/mol. The van der Waals surface area contributed by atoms with E-state index in [-0.39, 0.29) is 11.3 Å². The molecule has 0 fully saturated rings. The number of fused-ring (bicyclic) bond motifs is 1. The first-order valence-electron chi connectivity index (χ1n) is 6.81. The van der Waals surface area contributed by atoms with Gasteiger partial charge < -0.3 is 9.15 Å². The first kappa shape index (κ1) is 13.8. The van der Waals surface area contributed by atoms with E-state index in [2.05, 4.69) is 4.98 Å². The van der Waals surface area contributed by atoms with E-state index in [1.807, 2.05) is 19.1 Å². The molecule has 3 rings (SSSR count). The topological polar surface area (TPSA) is 76.1 Å². The molecule has 0 aliphatic carbocycles. The number of hydrogen-bond donors (Lipinski definition) is 0. The first-order chi connectivity index (χ1) is 10.7. The van der Waals surface area contributed by atoms with Crippen LogP contribution < -0.4 is 10.4 Å². The molecule has 0 amide bonds. The standard InChI is InChI=1S/C17H12N2O3/c1-2-11-8-17(20)22-15-9-13(6-7-14(11)15)21-16-5-3-4-12(10-18)19-16/h3-9H,2H2,1H3. The van der Waals surface area contributed by atoms with Gasteiger partial charge >= 0.3 is 5.63 Å². The molecule has 0 saturated heterocycles. The molecule has 0 radical (unpaired) electrons. The van der Waals surface area contributed by atoms with Gasteiger partial charge in [0.2, 0.25) is 5.88 Å². The van der Waals surface area contributed by atoms with Gasteiger partial charge in [-0.05, 0) is 30.2 Å². The molecule has 5 heteroatoms. The zero-order chi connectivity index (χ0) is 15.5. The van der Waals surface area contributed by atoms with Crippen LogP contribution in [0.5, 0.6) is 11.6 Å². The van der Waals surface area contributed by atoms with E-state index < -0.39 is 0 Å². The van der Waals surface area contributed by atoms with Crippen molar-refractivity contribution >= 4 is 11.0 Å². The summed E-state index contributed by atoms with van der Waals surface area (Å²) >= 11 is 0. The Labute approximate surface area is 126 Å². The summed E-state index contributed by atoms with van der Waals surface area (Å²) in [5.74, 6) is 0.805. The molecule has 3 aromatic rings. The number of aryl methyl sites for hydroxylation is 1. The molecule has 0 aliphatic heterocycles. The molecular weight excluding hydrogens is 280 g/mol. The Balaban J connectivity index is 2.02. The van der Waals surface area contributed by atoms with Crippen LogP contribution in [0, 0.1) is 11.3 Å². The van der Waals surface area contributed by atoms with Gasteiger partial charge in [0.25, 0.3) is 0 Å². The Morgan fingerprint density at radius 3 is 2.91 bits per heavy atom. The number of pyridine rings is 1. The average molecular weight is 292 g/mol. The van der Waals surface area contributed by atoms with Gasteiger partial charge in [-0.15, -0.1) is 0 Å². The van der Waals surface area contributed by atoms with Crippen LogP contribution in [0.4, 0.5) is 0 Å². The lowest BCUT2D eigenvalue weighted by Gasteiger charge is -2.07. The first-order valence-corrected chi connectivity index (χ1v) is 6.81. The van der Waals surface area contributed by atoms with Gasteiger partial charge in [-0.2, -0.15) is 5.26 Å². The SMILES string of the molecule is CCc1cc(=O)oc2cc(Oc3cccc(C#N)n3)ccc12. The third kappa shape index (κ3) is 2.67. The van der Waals surface area contributed by atoms with Crippen molar-refractivity contribution in [2.45, 2.75) is 13.3 Å². The van der Waals surface area contributed by atoms with Gasteiger partial charge in [0.1, 0.15) is 23.1 Å². The highest BCUT2D eigenvalue weighted by atomic mass is 16.5. The molecule has 0 N–H and O–H groups in total. The second-order valence-corrected chi connectivity index (χ2v) is 4.68. The molecular formula is C17H12N2O3. The monoisotopic (exact) mass is 292 g/mol. The van der Waals surface area contributed by atoms with E-state index in [4.69, 9.17) is 14.4 Å². The maximum Gasteiger partial charge on any atom is 0.336 e. The van der Waals surface area contributed by atoms with Crippen molar-refractivity contribution in [1.29, 1.82) is 5.26 Å². The van der Waals surface area contributed by atoms with E-state index in [1.165, 1.54) is 6.07 Å². The van der Waals surface area contributed by atoms with Crippen LogP contribution in [0.3, 0.4) is 0 Å². The fourth-order valence-corrected chi connectivity index (χ4v) is 2.22. The van der Waals surface area contributed by atoms with Crippen molar-refractivity contribution in [3.8, 4) is 17.7 Å². The molecule has 0 spiro atoms. The average Bonchev–Trinajstić information content (AvgIpc) is 2.53. The van der Waals surface area contributed by atoms with Crippen molar-refractivity contribution < 1.29 is 9.15 Å². The molecule has 0 bridgehead atoms. The number of ether oxygens (including phenoxy) is 1. The highest BCUT2D eigenvalue weighted by Gasteiger charge is 2.07. The molecule has 1 aromatic carbocycles. The quantitative estimate of drug-likeness (QED) is 0.691. The second-order valence-electron chi connectivity index (χ2n) is 4.68. The molecule has 2 aromatic heterocycles. The number of hydrogen-bond acceptors (Lipinski definition) is 5. The molecule has 0 unspecified atom stereocenters. The Morgan fingerprint density at radius 2 is 2.14 bits per heavy atom. The van der Waals surface area contributed by atoms with E-state index in [0.29, 0.717) is 17.2 Å². The highest BCUT2D eigenvalue weighted by molar-refractivity contribution is 5.81. The molecule has 2 heterocycles. The number of nitriles is 1. The minimum absolute atomic E-state index is 0.276. The van der Waals surface area contributed by atoms with Gasteiger partial charge in [-0.1, -0.05) is 13.0 Å². The van der Waals surface area contributed by atoms with E-state index >= 15 is 0 Å². The second kappa shape index (κ2) is 5.70. The Bertz CT molecular complexity index is 939. The third-order valence-electron chi connectivity index (χ3n) is 3.24. The molecule has 0 saturated carbocycles. The molecule has 22 heavy (non-hydrogen) atoms. The van der Waals surface area contributed by atoms with Gasteiger partial charge in [-0.3, -0.25) is 0 Å². The molecule has 108 valence electrons. The van der Waals surface area contributed by atoms with Crippen LogP contribution in [0.25, 0.3) is 11.0 Å². The summed E-state index contributed by atoms with van der Waals surface area (Å²) in [6.07, 6.45) is 0.744. The zero-order valence-corrected chi connectivity index (χ0v) is 11.9. The number of rotatable bonds is 3.